The van der Waals surface area contributed by atoms with E-state index in [1.54, 1.807) is 20.8 Å². The number of benzene rings is 2. The Balaban J connectivity index is 1.85. The van der Waals surface area contributed by atoms with Crippen LogP contribution in [0.5, 0.6) is 0 Å². The molecule has 1 aliphatic rings. The molecule has 11 heteroatoms. The number of rotatable bonds is 10. The fraction of sp³-hybridized carbons (Fsp3) is 0.433. The molecule has 0 radical (unpaired) electrons. The molecule has 0 saturated carbocycles. The maximum atomic E-state index is 14.3. The van der Waals surface area contributed by atoms with Gasteiger partial charge in [-0.2, -0.15) is 4.99 Å². The number of nitrogens with two attached hydrogens (primary N) is 2. The smallest absolute Gasteiger partial charge is 0.408 e. The van der Waals surface area contributed by atoms with E-state index < -0.39 is 35.6 Å². The lowest BCUT2D eigenvalue weighted by molar-refractivity contribution is -0.140. The van der Waals surface area contributed by atoms with Crippen LogP contribution in [0.2, 0.25) is 0 Å². The molecule has 3 rings (SSSR count). The molecule has 2 aromatic carbocycles. The van der Waals surface area contributed by atoms with Crippen LogP contribution >= 0.6 is 0 Å². The Morgan fingerprint density at radius 3 is 2.12 bits per heavy atom. The minimum Gasteiger partial charge on any atom is -0.444 e. The monoisotopic (exact) mass is 564 g/mol. The average Bonchev–Trinajstić information content (AvgIpc) is 3.40. The van der Waals surface area contributed by atoms with Crippen molar-refractivity contribution in [3.63, 3.8) is 0 Å². The van der Waals surface area contributed by atoms with Crippen LogP contribution in [-0.2, 0) is 19.1 Å². The van der Waals surface area contributed by atoms with Gasteiger partial charge in [0.15, 0.2) is 5.96 Å². The van der Waals surface area contributed by atoms with Gasteiger partial charge in [-0.25, -0.2) is 4.79 Å². The molecular formula is C30H40N6O5. The summed E-state index contributed by atoms with van der Waals surface area (Å²) in [4.78, 5) is 57.1. The molecule has 1 heterocycles. The SMILES string of the molecule is CC(C)(C)OC(=O)N[C@@H](C(=O)N1CCC[C@H]1C(=O)NCCCC(=O)N=C(N)N)C(c1ccccc1)c1ccccc1. The number of hydrogen-bond acceptors (Lipinski definition) is 5. The van der Waals surface area contributed by atoms with Crippen LogP contribution in [0.1, 0.15) is 63.5 Å². The van der Waals surface area contributed by atoms with Crippen LogP contribution in [0.15, 0.2) is 65.7 Å². The maximum Gasteiger partial charge on any atom is 0.408 e. The number of nitrogens with one attached hydrogen (secondary N) is 2. The number of likely N-dealkylation sites (tertiary alicyclic amines) is 1. The minimum atomic E-state index is -1.04. The van der Waals surface area contributed by atoms with E-state index in [1.807, 2.05) is 60.7 Å². The second-order valence-electron chi connectivity index (χ2n) is 10.9. The fourth-order valence-electron chi connectivity index (χ4n) is 4.87. The average molecular weight is 565 g/mol. The van der Waals surface area contributed by atoms with Crippen LogP contribution in [0.25, 0.3) is 0 Å². The summed E-state index contributed by atoms with van der Waals surface area (Å²) in [5.41, 5.74) is 11.3. The van der Waals surface area contributed by atoms with Gasteiger partial charge in [0.1, 0.15) is 17.7 Å². The molecule has 0 spiro atoms. The van der Waals surface area contributed by atoms with Crippen molar-refractivity contribution >= 4 is 29.8 Å². The van der Waals surface area contributed by atoms with Gasteiger partial charge >= 0.3 is 6.09 Å². The quantitative estimate of drug-likeness (QED) is 0.195. The second-order valence-corrected chi connectivity index (χ2v) is 10.9. The van der Waals surface area contributed by atoms with Crippen molar-refractivity contribution in [1.29, 1.82) is 0 Å². The Morgan fingerprint density at radius 2 is 1.59 bits per heavy atom. The molecule has 11 nitrogen and oxygen atoms in total. The second kappa shape index (κ2) is 14.3. The molecule has 6 N–H and O–H groups in total. The number of guanidine groups is 1. The van der Waals surface area contributed by atoms with Crippen LogP contribution < -0.4 is 22.1 Å². The molecular weight excluding hydrogens is 524 g/mol. The van der Waals surface area contributed by atoms with Crippen molar-refractivity contribution < 1.29 is 23.9 Å². The Kier molecular flexibility index (Phi) is 10.8. The van der Waals surface area contributed by atoms with Crippen LogP contribution in [-0.4, -0.2) is 65.4 Å². The first kappa shape index (κ1) is 31.1. The van der Waals surface area contributed by atoms with Gasteiger partial charge in [0.2, 0.25) is 17.7 Å². The molecule has 2 aromatic rings. The number of ether oxygens (including phenoxy) is 1. The fourth-order valence-corrected chi connectivity index (χ4v) is 4.87. The summed E-state index contributed by atoms with van der Waals surface area (Å²) in [5.74, 6) is -2.02. The molecule has 0 aliphatic carbocycles. The van der Waals surface area contributed by atoms with Gasteiger partial charge in [-0.15, -0.1) is 0 Å². The molecule has 4 amide bonds. The first-order valence-corrected chi connectivity index (χ1v) is 13.8. The third-order valence-electron chi connectivity index (χ3n) is 6.55. The first-order chi connectivity index (χ1) is 19.5. The molecule has 1 fully saturated rings. The van der Waals surface area contributed by atoms with Crippen LogP contribution in [0.4, 0.5) is 4.79 Å². The van der Waals surface area contributed by atoms with Crippen LogP contribution in [0, 0.1) is 0 Å². The van der Waals surface area contributed by atoms with Crippen LogP contribution in [0.3, 0.4) is 0 Å². The van der Waals surface area contributed by atoms with E-state index in [2.05, 4.69) is 15.6 Å². The number of amides is 4. The van der Waals surface area contributed by atoms with E-state index in [4.69, 9.17) is 16.2 Å². The van der Waals surface area contributed by atoms with E-state index in [-0.39, 0.29) is 30.7 Å². The Bertz CT molecular complexity index is 1190. The van der Waals surface area contributed by atoms with E-state index in [0.717, 1.165) is 11.1 Å². The Hall–Kier alpha value is -4.41. The topological polar surface area (TPSA) is 169 Å². The third-order valence-corrected chi connectivity index (χ3v) is 6.55. The van der Waals surface area contributed by atoms with Crippen molar-refractivity contribution in [2.24, 2.45) is 16.5 Å². The first-order valence-electron chi connectivity index (χ1n) is 13.8. The molecule has 1 aliphatic heterocycles. The summed E-state index contributed by atoms with van der Waals surface area (Å²) in [7, 11) is 0. The summed E-state index contributed by atoms with van der Waals surface area (Å²) < 4.78 is 5.53. The molecule has 0 aromatic heterocycles. The summed E-state index contributed by atoms with van der Waals surface area (Å²) in [6.45, 7) is 5.84. The van der Waals surface area contributed by atoms with Crippen molar-refractivity contribution in [2.45, 2.75) is 70.1 Å². The molecule has 2 atom stereocenters. The van der Waals surface area contributed by atoms with Gasteiger partial charge in [-0.1, -0.05) is 60.7 Å². The summed E-state index contributed by atoms with van der Waals surface area (Å²) in [6.07, 6.45) is 0.801. The minimum absolute atomic E-state index is 0.0726. The summed E-state index contributed by atoms with van der Waals surface area (Å²) in [5, 5.41) is 5.65. The van der Waals surface area contributed by atoms with Gasteiger partial charge in [-0.3, -0.25) is 14.4 Å². The van der Waals surface area contributed by atoms with Gasteiger partial charge < -0.3 is 31.7 Å². The standard InChI is InChI=1S/C30H40N6O5/c1-30(2,3)41-29(40)35-25(24(20-12-6-4-7-13-20)21-14-8-5-9-15-21)27(39)36-19-11-16-22(36)26(38)33-18-10-17-23(37)34-28(31)32/h4-9,12-15,22,24-25H,10-11,16-19H2,1-3H3,(H,33,38)(H,35,40)(H4,31,32,34,37)/t22-,25+/m0/s1. The van der Waals surface area contributed by atoms with Crippen molar-refractivity contribution in [2.75, 3.05) is 13.1 Å². The maximum absolute atomic E-state index is 14.3. The number of carbonyl (C=O) groups excluding carboxylic acids is 4. The number of hydrogen-bond donors (Lipinski definition) is 4. The molecule has 0 unspecified atom stereocenters. The summed E-state index contributed by atoms with van der Waals surface area (Å²) in [6, 6.07) is 17.2. The van der Waals surface area contributed by atoms with E-state index in [0.29, 0.717) is 25.8 Å². The van der Waals surface area contributed by atoms with E-state index >= 15 is 0 Å². The van der Waals surface area contributed by atoms with Gasteiger partial charge in [0.25, 0.3) is 0 Å². The third kappa shape index (κ3) is 9.33. The zero-order valence-corrected chi connectivity index (χ0v) is 23.8. The molecule has 220 valence electrons. The highest BCUT2D eigenvalue weighted by Gasteiger charge is 2.42. The lowest BCUT2D eigenvalue weighted by Crippen LogP contribution is -2.56. The Labute approximate surface area is 240 Å². The summed E-state index contributed by atoms with van der Waals surface area (Å²) >= 11 is 0. The normalized spacial score (nSPS) is 15.6. The highest BCUT2D eigenvalue weighted by Crippen LogP contribution is 2.31. The van der Waals surface area contributed by atoms with Crippen molar-refractivity contribution in [1.82, 2.24) is 15.5 Å². The predicted molar refractivity (Wildman–Crippen MR) is 156 cm³/mol. The largest absolute Gasteiger partial charge is 0.444 e. The number of alkyl carbamates (subject to hydrolysis) is 1. The van der Waals surface area contributed by atoms with E-state index in [9.17, 15) is 19.2 Å². The van der Waals surface area contributed by atoms with Crippen molar-refractivity contribution in [3.8, 4) is 0 Å². The molecule has 1 saturated heterocycles. The highest BCUT2D eigenvalue weighted by atomic mass is 16.6. The van der Waals surface area contributed by atoms with Gasteiger partial charge in [-0.05, 0) is 51.2 Å². The zero-order chi connectivity index (χ0) is 30.0. The van der Waals surface area contributed by atoms with Crippen molar-refractivity contribution in [3.05, 3.63) is 71.8 Å². The predicted octanol–water partition coefficient (Wildman–Crippen LogP) is 2.40. The van der Waals surface area contributed by atoms with Gasteiger partial charge in [0.05, 0.1) is 0 Å². The number of aliphatic imine (C=N–C) groups is 1. The highest BCUT2D eigenvalue weighted by molar-refractivity contribution is 5.93. The Morgan fingerprint density at radius 1 is 1.00 bits per heavy atom. The number of carbonyl (C=O) groups is 4. The number of nitrogens with zero attached hydrogens (tertiary/aromatic N) is 2. The van der Waals surface area contributed by atoms with Gasteiger partial charge in [0, 0.05) is 25.4 Å². The molecule has 0 bridgehead atoms. The zero-order valence-electron chi connectivity index (χ0n) is 23.8. The lowest BCUT2D eigenvalue weighted by Gasteiger charge is -2.34. The molecule has 41 heavy (non-hydrogen) atoms. The van der Waals surface area contributed by atoms with E-state index in [1.165, 1.54) is 4.90 Å². The lowest BCUT2D eigenvalue weighted by atomic mass is 9.84.